The standard InChI is InChI=1S/C16H29N3O/c1-3-14-17-16(9-5-6-10-16)15(20)19(14)12-11-18(4-2)13-7-8-13/h13-14,17H,3-12H2,1-2H3. The molecule has 1 unspecified atom stereocenters. The van der Waals surface area contributed by atoms with Gasteiger partial charge in [0.25, 0.3) is 0 Å². The van der Waals surface area contributed by atoms with Crippen LogP contribution in [0.4, 0.5) is 0 Å². The van der Waals surface area contributed by atoms with Crippen molar-refractivity contribution in [3.63, 3.8) is 0 Å². The number of amides is 1. The highest BCUT2D eigenvalue weighted by molar-refractivity contribution is 5.89. The Balaban J connectivity index is 1.63. The topological polar surface area (TPSA) is 35.6 Å². The summed E-state index contributed by atoms with van der Waals surface area (Å²) < 4.78 is 0. The first-order chi connectivity index (χ1) is 9.70. The Bertz CT molecular complexity index is 361. The predicted molar refractivity (Wildman–Crippen MR) is 80.4 cm³/mol. The molecule has 1 N–H and O–H groups in total. The van der Waals surface area contributed by atoms with Gasteiger partial charge in [-0.3, -0.25) is 15.0 Å². The van der Waals surface area contributed by atoms with Gasteiger partial charge in [-0.05, 0) is 38.6 Å². The van der Waals surface area contributed by atoms with E-state index in [4.69, 9.17) is 0 Å². The van der Waals surface area contributed by atoms with Crippen LogP contribution in [-0.2, 0) is 4.79 Å². The van der Waals surface area contributed by atoms with Gasteiger partial charge in [-0.15, -0.1) is 0 Å². The molecule has 0 aromatic carbocycles. The highest BCUT2D eigenvalue weighted by atomic mass is 16.2. The van der Waals surface area contributed by atoms with Crippen molar-refractivity contribution in [3.05, 3.63) is 0 Å². The van der Waals surface area contributed by atoms with Crippen molar-refractivity contribution < 1.29 is 4.79 Å². The van der Waals surface area contributed by atoms with Crippen molar-refractivity contribution in [2.45, 2.75) is 76.5 Å². The molecule has 2 saturated carbocycles. The van der Waals surface area contributed by atoms with Gasteiger partial charge in [0.2, 0.25) is 5.91 Å². The van der Waals surface area contributed by atoms with E-state index in [1.54, 1.807) is 0 Å². The van der Waals surface area contributed by atoms with Crippen LogP contribution in [0, 0.1) is 0 Å². The van der Waals surface area contributed by atoms with E-state index in [0.29, 0.717) is 5.91 Å². The second kappa shape index (κ2) is 5.64. The molecule has 4 heteroatoms. The van der Waals surface area contributed by atoms with Crippen molar-refractivity contribution in [3.8, 4) is 0 Å². The van der Waals surface area contributed by atoms with E-state index in [1.807, 2.05) is 0 Å². The highest BCUT2D eigenvalue weighted by Gasteiger charge is 2.51. The molecule has 1 atom stereocenters. The van der Waals surface area contributed by atoms with E-state index in [0.717, 1.165) is 44.9 Å². The molecule has 1 saturated heterocycles. The van der Waals surface area contributed by atoms with E-state index in [2.05, 4.69) is 29.0 Å². The summed E-state index contributed by atoms with van der Waals surface area (Å²) in [6.45, 7) is 7.47. The lowest BCUT2D eigenvalue weighted by atomic mass is 9.98. The Labute approximate surface area is 122 Å². The zero-order chi connectivity index (χ0) is 14.2. The zero-order valence-corrected chi connectivity index (χ0v) is 13.0. The largest absolute Gasteiger partial charge is 0.324 e. The molecule has 4 nitrogen and oxygen atoms in total. The number of likely N-dealkylation sites (N-methyl/N-ethyl adjacent to an activating group) is 1. The minimum Gasteiger partial charge on any atom is -0.324 e. The molecule has 20 heavy (non-hydrogen) atoms. The average Bonchev–Trinajstić information content (AvgIpc) is 3.13. The quantitative estimate of drug-likeness (QED) is 0.807. The highest BCUT2D eigenvalue weighted by Crippen LogP contribution is 2.37. The van der Waals surface area contributed by atoms with Gasteiger partial charge < -0.3 is 4.90 Å². The van der Waals surface area contributed by atoms with Gasteiger partial charge in [0.1, 0.15) is 0 Å². The summed E-state index contributed by atoms with van der Waals surface area (Å²) in [6.07, 6.45) is 8.46. The van der Waals surface area contributed by atoms with E-state index in [9.17, 15) is 4.79 Å². The normalized spacial score (nSPS) is 29.1. The number of hydrogen-bond acceptors (Lipinski definition) is 3. The lowest BCUT2D eigenvalue weighted by Gasteiger charge is -2.27. The number of rotatable bonds is 6. The Morgan fingerprint density at radius 1 is 1.30 bits per heavy atom. The van der Waals surface area contributed by atoms with Gasteiger partial charge in [0.15, 0.2) is 0 Å². The second-order valence-corrected chi connectivity index (χ2v) is 6.72. The molecule has 0 radical (unpaired) electrons. The fourth-order valence-electron chi connectivity index (χ4n) is 4.07. The van der Waals surface area contributed by atoms with Crippen molar-refractivity contribution in [1.29, 1.82) is 0 Å². The molecule has 0 bridgehead atoms. The van der Waals surface area contributed by atoms with Crippen LogP contribution in [0.3, 0.4) is 0 Å². The third kappa shape index (κ3) is 2.48. The average molecular weight is 279 g/mol. The van der Waals surface area contributed by atoms with Crippen LogP contribution < -0.4 is 5.32 Å². The molecule has 1 amide bonds. The minimum atomic E-state index is -0.197. The summed E-state index contributed by atoms with van der Waals surface area (Å²) in [5.74, 6) is 0.383. The molecule has 1 aliphatic heterocycles. The molecule has 1 spiro atoms. The van der Waals surface area contributed by atoms with Gasteiger partial charge in [0, 0.05) is 19.1 Å². The lowest BCUT2D eigenvalue weighted by Crippen LogP contribution is -2.45. The first-order valence-electron chi connectivity index (χ1n) is 8.53. The zero-order valence-electron chi connectivity index (χ0n) is 13.0. The minimum absolute atomic E-state index is 0.197. The molecule has 114 valence electrons. The number of carbonyl (C=O) groups excluding carboxylic acids is 1. The van der Waals surface area contributed by atoms with E-state index >= 15 is 0 Å². The van der Waals surface area contributed by atoms with Gasteiger partial charge in [-0.1, -0.05) is 26.7 Å². The smallest absolute Gasteiger partial charge is 0.244 e. The van der Waals surface area contributed by atoms with Gasteiger partial charge in [-0.25, -0.2) is 0 Å². The first-order valence-corrected chi connectivity index (χ1v) is 8.53. The van der Waals surface area contributed by atoms with Crippen molar-refractivity contribution in [2.24, 2.45) is 0 Å². The summed E-state index contributed by atoms with van der Waals surface area (Å²) >= 11 is 0. The summed E-state index contributed by atoms with van der Waals surface area (Å²) in [5.41, 5.74) is -0.197. The van der Waals surface area contributed by atoms with Crippen LogP contribution in [0.25, 0.3) is 0 Å². The SMILES string of the molecule is CCC1NC2(CCCC2)C(=O)N1CCN(CC)C1CC1. The first kappa shape index (κ1) is 14.3. The van der Waals surface area contributed by atoms with E-state index in [1.165, 1.54) is 25.7 Å². The maximum absolute atomic E-state index is 12.8. The Kier molecular flexibility index (Phi) is 4.04. The lowest BCUT2D eigenvalue weighted by molar-refractivity contribution is -0.133. The fourth-order valence-corrected chi connectivity index (χ4v) is 4.07. The van der Waals surface area contributed by atoms with E-state index in [-0.39, 0.29) is 11.7 Å². The monoisotopic (exact) mass is 279 g/mol. The van der Waals surface area contributed by atoms with Crippen LogP contribution in [0.15, 0.2) is 0 Å². The Hall–Kier alpha value is -0.610. The molecule has 3 fully saturated rings. The Morgan fingerprint density at radius 2 is 2.00 bits per heavy atom. The van der Waals surface area contributed by atoms with Crippen molar-refractivity contribution >= 4 is 5.91 Å². The molecular weight excluding hydrogens is 250 g/mol. The molecule has 1 heterocycles. The predicted octanol–water partition coefficient (Wildman–Crippen LogP) is 1.95. The number of nitrogens with one attached hydrogen (secondary N) is 1. The third-order valence-electron chi connectivity index (χ3n) is 5.43. The summed E-state index contributed by atoms with van der Waals surface area (Å²) in [4.78, 5) is 17.5. The molecule has 3 rings (SSSR count). The van der Waals surface area contributed by atoms with Gasteiger partial charge in [-0.2, -0.15) is 0 Å². The number of carbonyl (C=O) groups is 1. The molecule has 3 aliphatic rings. The fraction of sp³-hybridized carbons (Fsp3) is 0.938. The van der Waals surface area contributed by atoms with Gasteiger partial charge >= 0.3 is 0 Å². The van der Waals surface area contributed by atoms with Gasteiger partial charge in [0.05, 0.1) is 11.7 Å². The Morgan fingerprint density at radius 3 is 2.55 bits per heavy atom. The van der Waals surface area contributed by atoms with Crippen LogP contribution in [0.5, 0.6) is 0 Å². The van der Waals surface area contributed by atoms with Crippen LogP contribution in [0.1, 0.15) is 58.8 Å². The molecule has 0 aromatic rings. The van der Waals surface area contributed by atoms with E-state index < -0.39 is 0 Å². The van der Waals surface area contributed by atoms with Crippen LogP contribution in [-0.4, -0.2) is 53.1 Å². The number of hydrogen-bond donors (Lipinski definition) is 1. The second-order valence-electron chi connectivity index (χ2n) is 6.72. The number of nitrogens with zero attached hydrogens (tertiary/aromatic N) is 2. The maximum Gasteiger partial charge on any atom is 0.244 e. The molecule has 0 aromatic heterocycles. The molecule has 2 aliphatic carbocycles. The maximum atomic E-state index is 12.8. The van der Waals surface area contributed by atoms with Crippen LogP contribution >= 0.6 is 0 Å². The van der Waals surface area contributed by atoms with Crippen molar-refractivity contribution in [1.82, 2.24) is 15.1 Å². The van der Waals surface area contributed by atoms with Crippen LogP contribution in [0.2, 0.25) is 0 Å². The van der Waals surface area contributed by atoms with Crippen molar-refractivity contribution in [2.75, 3.05) is 19.6 Å². The summed E-state index contributed by atoms with van der Waals surface area (Å²) in [7, 11) is 0. The summed E-state index contributed by atoms with van der Waals surface area (Å²) in [5, 5.41) is 3.66. The molecular formula is C16H29N3O. The third-order valence-corrected chi connectivity index (χ3v) is 5.43. The summed E-state index contributed by atoms with van der Waals surface area (Å²) in [6, 6.07) is 0.797.